The smallest absolute Gasteiger partial charge is 0.387 e. The van der Waals surface area contributed by atoms with E-state index in [2.05, 4.69) is 15.1 Å². The van der Waals surface area contributed by atoms with E-state index < -0.39 is 12.1 Å². The van der Waals surface area contributed by atoms with E-state index in [4.69, 9.17) is 16.9 Å². The number of amidine groups is 1. The summed E-state index contributed by atoms with van der Waals surface area (Å²) in [4.78, 5) is 18.3. The van der Waals surface area contributed by atoms with Gasteiger partial charge < -0.3 is 21.7 Å². The van der Waals surface area contributed by atoms with E-state index in [1.807, 2.05) is 0 Å². The van der Waals surface area contributed by atoms with Crippen LogP contribution in [0.5, 0.6) is 0 Å². The number of nitrogens with zero attached hydrogens (tertiary/aromatic N) is 2. The zero-order valence-corrected chi connectivity index (χ0v) is 21.4. The molecule has 2 aliphatic carbocycles. The van der Waals surface area contributed by atoms with E-state index in [1.54, 1.807) is 0 Å². The van der Waals surface area contributed by atoms with Crippen molar-refractivity contribution < 1.29 is 18.0 Å². The molecule has 2 saturated heterocycles. The van der Waals surface area contributed by atoms with Crippen molar-refractivity contribution in [3.05, 3.63) is 0 Å². The third-order valence-electron chi connectivity index (χ3n) is 9.44. The van der Waals surface area contributed by atoms with Crippen LogP contribution < -0.4 is 16.8 Å². The zero-order valence-electron chi connectivity index (χ0n) is 21.4. The number of likely N-dealkylation sites (tertiary alicyclic amines) is 2. The molecule has 4 rings (SSSR count). The molecule has 2 heterocycles. The van der Waals surface area contributed by atoms with Crippen LogP contribution in [0.25, 0.3) is 0 Å². The highest BCUT2D eigenvalue weighted by Crippen LogP contribution is 2.45. The van der Waals surface area contributed by atoms with E-state index in [0.29, 0.717) is 31.8 Å². The Balaban J connectivity index is 1.38. The van der Waals surface area contributed by atoms with Crippen molar-refractivity contribution in [2.75, 3.05) is 32.7 Å². The lowest BCUT2D eigenvalue weighted by atomic mass is 9.77. The lowest BCUT2D eigenvalue weighted by molar-refractivity contribution is -0.184. The Morgan fingerprint density at radius 1 is 1.00 bits per heavy atom. The molecule has 0 aromatic rings. The van der Waals surface area contributed by atoms with Gasteiger partial charge in [-0.25, -0.2) is 0 Å². The fraction of sp³-hybridized carbons (Fsp3) is 0.923. The summed E-state index contributed by atoms with van der Waals surface area (Å²) >= 11 is 0. The first-order valence-corrected chi connectivity index (χ1v) is 14.0. The number of nitrogens with one attached hydrogen (secondary N) is 2. The van der Waals surface area contributed by atoms with Crippen LogP contribution in [0.15, 0.2) is 0 Å². The van der Waals surface area contributed by atoms with Crippen LogP contribution in [0.3, 0.4) is 0 Å². The number of piperidine rings is 1. The average Bonchev–Trinajstić information content (AvgIpc) is 3.21. The monoisotopic (exact) mass is 514 g/mol. The molecule has 4 atom stereocenters. The molecular weight excluding hydrogens is 469 g/mol. The molecule has 4 unspecified atom stereocenters. The summed E-state index contributed by atoms with van der Waals surface area (Å²) in [6, 6.07) is 0.117. The van der Waals surface area contributed by atoms with Crippen molar-refractivity contribution in [2.45, 2.75) is 94.9 Å². The molecule has 2 saturated carbocycles. The van der Waals surface area contributed by atoms with Gasteiger partial charge in [0, 0.05) is 37.6 Å². The van der Waals surface area contributed by atoms with Crippen molar-refractivity contribution in [3.8, 4) is 0 Å². The third kappa shape index (κ3) is 6.72. The second kappa shape index (κ2) is 12.0. The molecule has 10 heteroatoms. The van der Waals surface area contributed by atoms with Gasteiger partial charge in [-0.05, 0) is 95.6 Å². The fourth-order valence-corrected chi connectivity index (χ4v) is 7.23. The molecule has 6 N–H and O–H groups in total. The van der Waals surface area contributed by atoms with Gasteiger partial charge in [-0.15, -0.1) is 0 Å². The predicted octanol–water partition coefficient (Wildman–Crippen LogP) is 3.08. The number of carbonyl (C=O) groups is 1. The maximum Gasteiger partial charge on any atom is 0.391 e. The zero-order chi connectivity index (χ0) is 25.9. The van der Waals surface area contributed by atoms with Crippen LogP contribution in [-0.4, -0.2) is 78.6 Å². The van der Waals surface area contributed by atoms with Gasteiger partial charge in [-0.3, -0.25) is 15.1 Å². The van der Waals surface area contributed by atoms with Crippen molar-refractivity contribution in [1.29, 1.82) is 5.41 Å². The van der Waals surface area contributed by atoms with Crippen LogP contribution in [0.2, 0.25) is 0 Å². The maximum absolute atomic E-state index is 13.6. The highest BCUT2D eigenvalue weighted by molar-refractivity contribution is 5.83. The van der Waals surface area contributed by atoms with Gasteiger partial charge in [0.2, 0.25) is 5.91 Å². The van der Waals surface area contributed by atoms with Crippen LogP contribution in [-0.2, 0) is 4.79 Å². The molecule has 36 heavy (non-hydrogen) atoms. The second-order valence-corrected chi connectivity index (χ2v) is 11.8. The van der Waals surface area contributed by atoms with Gasteiger partial charge in [0.05, 0.1) is 17.8 Å². The van der Waals surface area contributed by atoms with Gasteiger partial charge >= 0.3 is 6.18 Å². The minimum absolute atomic E-state index is 0.0365. The van der Waals surface area contributed by atoms with E-state index in [1.165, 1.54) is 0 Å². The molecule has 7 nitrogen and oxygen atoms in total. The van der Waals surface area contributed by atoms with Crippen molar-refractivity contribution >= 4 is 11.7 Å². The van der Waals surface area contributed by atoms with Gasteiger partial charge in [0.15, 0.2) is 0 Å². The highest BCUT2D eigenvalue weighted by atomic mass is 19.4. The summed E-state index contributed by atoms with van der Waals surface area (Å²) < 4.78 is 39.6. The summed E-state index contributed by atoms with van der Waals surface area (Å²) in [5, 5.41) is 11.3. The van der Waals surface area contributed by atoms with E-state index in [9.17, 15) is 18.0 Å². The summed E-state index contributed by atoms with van der Waals surface area (Å²) in [7, 11) is 0. The normalized spacial score (nSPS) is 34.9. The van der Waals surface area contributed by atoms with Crippen molar-refractivity contribution in [3.63, 3.8) is 0 Å². The van der Waals surface area contributed by atoms with Gasteiger partial charge in [-0.2, -0.15) is 13.2 Å². The number of carbonyl (C=O) groups excluding carboxylic acids is 1. The summed E-state index contributed by atoms with van der Waals surface area (Å²) in [5.41, 5.74) is 11.5. The Morgan fingerprint density at radius 2 is 1.69 bits per heavy atom. The number of amides is 1. The molecular formula is C26H45F3N6O. The largest absolute Gasteiger partial charge is 0.391 e. The summed E-state index contributed by atoms with van der Waals surface area (Å²) in [6.07, 6.45) is 3.66. The number of hydrogen-bond acceptors (Lipinski definition) is 5. The predicted molar refractivity (Wildman–Crippen MR) is 134 cm³/mol. The Bertz CT molecular complexity index is 748. The van der Waals surface area contributed by atoms with Crippen LogP contribution in [0.1, 0.15) is 70.6 Å². The second-order valence-electron chi connectivity index (χ2n) is 11.8. The first-order chi connectivity index (χ1) is 17.2. The van der Waals surface area contributed by atoms with Gasteiger partial charge in [0.25, 0.3) is 0 Å². The molecule has 0 aromatic carbocycles. The Labute approximate surface area is 213 Å². The summed E-state index contributed by atoms with van der Waals surface area (Å²) in [5.74, 6) is -0.287. The average molecular weight is 515 g/mol. The third-order valence-corrected chi connectivity index (χ3v) is 9.44. The van der Waals surface area contributed by atoms with E-state index in [0.717, 1.165) is 64.6 Å². The molecule has 0 bridgehead atoms. The molecule has 2 aliphatic heterocycles. The van der Waals surface area contributed by atoms with Gasteiger partial charge in [0.1, 0.15) is 0 Å². The molecule has 206 valence electrons. The molecule has 4 fully saturated rings. The SMILES string of the molecule is N=C(N)C1CCC2CC(C(=O)NC3CCN(CCCN)CC3)N(CC3CCC(C(F)(F)F)CC3)C2C1. The van der Waals surface area contributed by atoms with E-state index in [-0.39, 0.29) is 54.5 Å². The molecule has 0 radical (unpaired) electrons. The quantitative estimate of drug-likeness (QED) is 0.294. The van der Waals surface area contributed by atoms with Crippen molar-refractivity contribution in [1.82, 2.24) is 15.1 Å². The molecule has 4 aliphatic rings. The molecule has 1 amide bonds. The number of alkyl halides is 3. The minimum Gasteiger partial charge on any atom is -0.387 e. The lowest BCUT2D eigenvalue weighted by Crippen LogP contribution is -2.53. The van der Waals surface area contributed by atoms with Crippen LogP contribution >= 0.6 is 0 Å². The Morgan fingerprint density at radius 3 is 2.31 bits per heavy atom. The highest BCUT2D eigenvalue weighted by Gasteiger charge is 2.49. The Kier molecular flexibility index (Phi) is 9.20. The first-order valence-electron chi connectivity index (χ1n) is 14.0. The number of hydrogen-bond donors (Lipinski definition) is 4. The Hall–Kier alpha value is -1.39. The lowest BCUT2D eigenvalue weighted by Gasteiger charge is -2.40. The molecule has 0 aromatic heterocycles. The van der Waals surface area contributed by atoms with E-state index >= 15 is 0 Å². The number of fused-ring (bicyclic) bond motifs is 1. The van der Waals surface area contributed by atoms with Crippen LogP contribution in [0.4, 0.5) is 13.2 Å². The van der Waals surface area contributed by atoms with Crippen molar-refractivity contribution in [2.24, 2.45) is 35.1 Å². The van der Waals surface area contributed by atoms with Crippen LogP contribution in [0, 0.1) is 29.1 Å². The van der Waals surface area contributed by atoms with Gasteiger partial charge in [-0.1, -0.05) is 0 Å². The molecule has 0 spiro atoms. The summed E-state index contributed by atoms with van der Waals surface area (Å²) in [6.45, 7) is 4.30. The fourth-order valence-electron chi connectivity index (χ4n) is 7.23. The number of nitrogens with two attached hydrogens (primary N) is 2. The topological polar surface area (TPSA) is 111 Å². The number of rotatable bonds is 8. The number of halogens is 3. The minimum atomic E-state index is -4.11. The maximum atomic E-state index is 13.6. The standard InChI is InChI=1S/C26H45F3N6O/c27-26(28,29)20-6-2-17(3-7-20)16-35-22-15-19(24(31)32)5-4-18(22)14-23(35)25(36)33-21-8-12-34(13-9-21)11-1-10-30/h17-23H,1-16,30H2,(H3,31,32)(H,33,36). The first kappa shape index (κ1) is 27.6.